The highest BCUT2D eigenvalue weighted by atomic mass is 15.2. The molecule has 0 N–H and O–H groups in total. The van der Waals surface area contributed by atoms with Gasteiger partial charge in [-0.3, -0.25) is 0 Å². The molecule has 4 nitrogen and oxygen atoms in total. The van der Waals surface area contributed by atoms with Crippen molar-refractivity contribution >= 4 is 114 Å². The molecule has 0 amide bonds. The predicted octanol–water partition coefficient (Wildman–Crippen LogP) is 13.8. The molecule has 6 heteroatoms. The van der Waals surface area contributed by atoms with E-state index in [1.54, 1.807) is 0 Å². The molecule has 0 bridgehead atoms. The van der Waals surface area contributed by atoms with Crippen molar-refractivity contribution in [1.82, 2.24) is 0 Å². The highest BCUT2D eigenvalue weighted by molar-refractivity contribution is 7.03. The molecule has 0 fully saturated rings. The smallest absolute Gasteiger partial charge is 0.252 e. The number of fused-ring (bicyclic) bond motifs is 8. The lowest BCUT2D eigenvalue weighted by atomic mass is 9.30. The molecular formula is C68H48B2N4. The Morgan fingerprint density at radius 1 is 0.243 bits per heavy atom. The third-order valence-corrected chi connectivity index (χ3v) is 16.0. The van der Waals surface area contributed by atoms with Crippen LogP contribution in [0.15, 0.2) is 255 Å². The van der Waals surface area contributed by atoms with Gasteiger partial charge in [0.15, 0.2) is 0 Å². The monoisotopic (exact) mass is 942 g/mol. The maximum atomic E-state index is 2.62. The van der Waals surface area contributed by atoms with E-state index in [0.29, 0.717) is 0 Å². The molecule has 4 heterocycles. The summed E-state index contributed by atoms with van der Waals surface area (Å²) < 4.78 is 0. The van der Waals surface area contributed by atoms with Crippen LogP contribution < -0.4 is 52.4 Å². The molecule has 11 aromatic rings. The van der Waals surface area contributed by atoms with Crippen molar-refractivity contribution in [3.63, 3.8) is 0 Å². The molecule has 0 unspecified atom stereocenters. The van der Waals surface area contributed by atoms with Gasteiger partial charge in [-0.15, -0.1) is 0 Å². The number of para-hydroxylation sites is 6. The van der Waals surface area contributed by atoms with Crippen LogP contribution in [0.4, 0.5) is 68.2 Å². The maximum Gasteiger partial charge on any atom is 0.252 e. The van der Waals surface area contributed by atoms with Crippen LogP contribution in [0.5, 0.6) is 0 Å². The van der Waals surface area contributed by atoms with Gasteiger partial charge in [-0.2, -0.15) is 0 Å². The lowest BCUT2D eigenvalue weighted by molar-refractivity contribution is 1.23. The van der Waals surface area contributed by atoms with Gasteiger partial charge in [0, 0.05) is 68.2 Å². The summed E-state index contributed by atoms with van der Waals surface area (Å²) in [6.45, 7) is 4.32. The van der Waals surface area contributed by atoms with Crippen LogP contribution >= 0.6 is 0 Å². The van der Waals surface area contributed by atoms with E-state index >= 15 is 0 Å². The van der Waals surface area contributed by atoms with Crippen LogP contribution in [0.1, 0.15) is 11.1 Å². The molecule has 0 aliphatic carbocycles. The van der Waals surface area contributed by atoms with Crippen molar-refractivity contribution < 1.29 is 0 Å². The quantitative estimate of drug-likeness (QED) is 0.154. The molecule has 0 saturated heterocycles. The second-order valence-electron chi connectivity index (χ2n) is 20.1. The van der Waals surface area contributed by atoms with Crippen LogP contribution in [0, 0.1) is 13.8 Å². The Kier molecular flexibility index (Phi) is 9.55. The zero-order valence-corrected chi connectivity index (χ0v) is 41.2. The standard InChI is InChI=1S/C68H48B2N4/c1-45-23-15-17-33-53(45)47-39-63-67-65(41-47)73(51-29-11-5-12-30-51)61-44-62-58(43-57(61)69(67)55-35-19-21-37-59(55)71(63)49-25-7-3-8-26-49)70-56-36-20-22-38-60(56)72(50-27-9-4-10-28-50)64-40-48(54-34-18-16-24-46(54)2)42-66(68(64)70)74(62)52-31-13-6-14-32-52/h3-44H,1-2H3. The van der Waals surface area contributed by atoms with Crippen molar-refractivity contribution in [2.45, 2.75) is 13.8 Å². The van der Waals surface area contributed by atoms with E-state index in [-0.39, 0.29) is 13.4 Å². The van der Waals surface area contributed by atoms with Crippen molar-refractivity contribution in [2.24, 2.45) is 0 Å². The zero-order valence-electron chi connectivity index (χ0n) is 41.2. The Hall–Kier alpha value is -9.25. The van der Waals surface area contributed by atoms with Crippen LogP contribution in [0.3, 0.4) is 0 Å². The average molecular weight is 943 g/mol. The van der Waals surface area contributed by atoms with Crippen molar-refractivity contribution in [3.05, 3.63) is 266 Å². The maximum absolute atomic E-state index is 2.62. The largest absolute Gasteiger partial charge is 0.311 e. The summed E-state index contributed by atoms with van der Waals surface area (Å²) >= 11 is 0. The van der Waals surface area contributed by atoms with Crippen LogP contribution in [-0.4, -0.2) is 13.4 Å². The van der Waals surface area contributed by atoms with E-state index in [1.165, 1.54) is 112 Å². The minimum atomic E-state index is -0.0727. The topological polar surface area (TPSA) is 13.0 Å². The van der Waals surface area contributed by atoms with E-state index in [9.17, 15) is 0 Å². The van der Waals surface area contributed by atoms with Gasteiger partial charge in [-0.25, -0.2) is 0 Å². The molecule has 0 atom stereocenters. The lowest BCUT2D eigenvalue weighted by Gasteiger charge is -2.47. The summed E-state index contributed by atoms with van der Waals surface area (Å²) in [5.41, 5.74) is 29.2. The number of nitrogens with zero attached hydrogens (tertiary/aromatic N) is 4. The molecule has 346 valence electrons. The van der Waals surface area contributed by atoms with Gasteiger partial charge in [0.1, 0.15) is 0 Å². The molecule has 0 saturated carbocycles. The highest BCUT2D eigenvalue weighted by Gasteiger charge is 2.48. The number of hydrogen-bond donors (Lipinski definition) is 0. The van der Waals surface area contributed by atoms with Crippen LogP contribution in [-0.2, 0) is 0 Å². The number of aryl methyl sites for hydroxylation is 2. The Morgan fingerprint density at radius 3 is 0.892 bits per heavy atom. The predicted molar refractivity (Wildman–Crippen MR) is 315 cm³/mol. The Bertz CT molecular complexity index is 3770. The molecule has 4 aliphatic heterocycles. The Balaban J connectivity index is 1.08. The zero-order chi connectivity index (χ0) is 49.0. The first-order valence-corrected chi connectivity index (χ1v) is 25.8. The summed E-state index contributed by atoms with van der Waals surface area (Å²) in [4.78, 5) is 10.2. The normalized spacial score (nSPS) is 13.4. The average Bonchev–Trinajstić information content (AvgIpc) is 3.48. The fraction of sp³-hybridized carbons (Fsp3) is 0.0294. The van der Waals surface area contributed by atoms with E-state index in [1.807, 2.05) is 0 Å². The number of rotatable bonds is 6. The first-order valence-electron chi connectivity index (χ1n) is 25.8. The van der Waals surface area contributed by atoms with Gasteiger partial charge >= 0.3 is 0 Å². The molecule has 11 aromatic carbocycles. The number of anilines is 12. The van der Waals surface area contributed by atoms with Crippen molar-refractivity contribution in [3.8, 4) is 22.3 Å². The molecule has 15 rings (SSSR count). The van der Waals surface area contributed by atoms with E-state index in [2.05, 4.69) is 288 Å². The van der Waals surface area contributed by atoms with Crippen LogP contribution in [0.2, 0.25) is 0 Å². The van der Waals surface area contributed by atoms with Crippen molar-refractivity contribution in [2.75, 3.05) is 19.6 Å². The van der Waals surface area contributed by atoms with Crippen LogP contribution in [0.25, 0.3) is 22.3 Å². The summed E-state index contributed by atoms with van der Waals surface area (Å²) in [5, 5.41) is 0. The van der Waals surface area contributed by atoms with Gasteiger partial charge in [-0.1, -0.05) is 164 Å². The SMILES string of the molecule is Cc1ccccc1-c1cc2c3c(c1)N(c1ccccc1)c1cc4c(cc1B3c1ccccc1N2c1ccccc1)B1c2ccccc2N(c2ccccc2)c2cc(-c3ccccc3C)cc(c21)N4c1ccccc1. The van der Waals surface area contributed by atoms with Gasteiger partial charge in [0.25, 0.3) is 13.4 Å². The van der Waals surface area contributed by atoms with Gasteiger partial charge in [0.2, 0.25) is 0 Å². The highest BCUT2D eigenvalue weighted by Crippen LogP contribution is 2.50. The van der Waals surface area contributed by atoms with Gasteiger partial charge in [-0.05, 0) is 171 Å². The van der Waals surface area contributed by atoms with Gasteiger partial charge < -0.3 is 19.6 Å². The minimum Gasteiger partial charge on any atom is -0.311 e. The third kappa shape index (κ3) is 6.31. The fourth-order valence-corrected chi connectivity index (χ4v) is 12.9. The first-order chi connectivity index (χ1) is 36.6. The minimum absolute atomic E-state index is 0.0727. The fourth-order valence-electron chi connectivity index (χ4n) is 12.9. The lowest BCUT2D eigenvalue weighted by Crippen LogP contribution is -2.65. The summed E-state index contributed by atoms with van der Waals surface area (Å²) in [5.74, 6) is 0. The first kappa shape index (κ1) is 42.4. The van der Waals surface area contributed by atoms with E-state index in [0.717, 1.165) is 22.7 Å². The molecule has 0 radical (unpaired) electrons. The van der Waals surface area contributed by atoms with Gasteiger partial charge in [0.05, 0.1) is 0 Å². The number of hydrogen-bond acceptors (Lipinski definition) is 4. The molecule has 4 aliphatic rings. The molecule has 74 heavy (non-hydrogen) atoms. The Morgan fingerprint density at radius 2 is 0.541 bits per heavy atom. The third-order valence-electron chi connectivity index (χ3n) is 16.0. The van der Waals surface area contributed by atoms with Crippen molar-refractivity contribution in [1.29, 1.82) is 0 Å². The van der Waals surface area contributed by atoms with E-state index in [4.69, 9.17) is 0 Å². The molecular weight excluding hydrogens is 894 g/mol. The molecule has 0 aromatic heterocycles. The Labute approximate surface area is 433 Å². The summed E-state index contributed by atoms with van der Waals surface area (Å²) in [6, 6.07) is 95.0. The second-order valence-corrected chi connectivity index (χ2v) is 20.1. The molecule has 0 spiro atoms. The second kappa shape index (κ2) is 16.7. The van der Waals surface area contributed by atoms with E-state index < -0.39 is 0 Å². The number of benzene rings is 11. The summed E-state index contributed by atoms with van der Waals surface area (Å²) in [6.07, 6.45) is 0. The summed E-state index contributed by atoms with van der Waals surface area (Å²) in [7, 11) is 0.